The Morgan fingerprint density at radius 3 is 2.50 bits per heavy atom. The Morgan fingerprint density at radius 2 is 2.00 bits per heavy atom. The molecule has 0 saturated carbocycles. The van der Waals surface area contributed by atoms with Crippen LogP contribution in [0.4, 0.5) is 0 Å². The molecule has 1 aliphatic rings. The highest BCUT2D eigenvalue weighted by Gasteiger charge is 2.12. The number of nitrogens with zero attached hydrogens (tertiary/aromatic N) is 1. The molecule has 68 valence electrons. The number of aliphatic carboxylic acids is 1. The van der Waals surface area contributed by atoms with Crippen LogP contribution in [0.5, 0.6) is 0 Å². The van der Waals surface area contributed by atoms with Gasteiger partial charge in [-0.1, -0.05) is 12.2 Å². The summed E-state index contributed by atoms with van der Waals surface area (Å²) in [7, 11) is 0. The highest BCUT2D eigenvalue weighted by Crippen LogP contribution is 2.10. The predicted molar refractivity (Wildman–Crippen MR) is 47.1 cm³/mol. The van der Waals surface area contributed by atoms with Gasteiger partial charge in [0.1, 0.15) is 0 Å². The van der Waals surface area contributed by atoms with Crippen LogP contribution < -0.4 is 0 Å². The Kier molecular flexibility index (Phi) is 3.29. The Labute approximate surface area is 72.7 Å². The maximum Gasteiger partial charge on any atom is 0.307 e. The van der Waals surface area contributed by atoms with Crippen LogP contribution in [0.1, 0.15) is 19.3 Å². The Balaban J connectivity index is 2.20. The topological polar surface area (TPSA) is 40.5 Å². The van der Waals surface area contributed by atoms with Crippen LogP contribution in [0.2, 0.25) is 0 Å². The third-order valence-corrected chi connectivity index (χ3v) is 2.05. The summed E-state index contributed by atoms with van der Waals surface area (Å²) >= 11 is 0. The summed E-state index contributed by atoms with van der Waals surface area (Å²) < 4.78 is 0. The van der Waals surface area contributed by atoms with Crippen molar-refractivity contribution in [3.63, 3.8) is 0 Å². The first kappa shape index (κ1) is 9.26. The van der Waals surface area contributed by atoms with Gasteiger partial charge in [-0.15, -0.1) is 0 Å². The first-order valence-corrected chi connectivity index (χ1v) is 4.29. The zero-order valence-corrected chi connectivity index (χ0v) is 7.25. The Bertz CT molecular complexity index is 183. The lowest BCUT2D eigenvalue weighted by molar-refractivity contribution is -0.136. The lowest BCUT2D eigenvalue weighted by Crippen LogP contribution is -2.22. The molecular formula is C9H15NO2. The molecule has 3 nitrogen and oxygen atoms in total. The second kappa shape index (κ2) is 4.26. The zero-order valence-electron chi connectivity index (χ0n) is 7.25. The average molecular weight is 169 g/mol. The summed E-state index contributed by atoms with van der Waals surface area (Å²) in [5.41, 5.74) is 0.810. The maximum absolute atomic E-state index is 10.3. The molecule has 0 aliphatic carbocycles. The number of likely N-dealkylation sites (tertiary alicyclic amines) is 1. The molecule has 1 N–H and O–H groups in total. The largest absolute Gasteiger partial charge is 0.481 e. The molecular weight excluding hydrogens is 154 g/mol. The highest BCUT2D eigenvalue weighted by atomic mass is 16.4. The summed E-state index contributed by atoms with van der Waals surface area (Å²) in [6.45, 7) is 6.68. The smallest absolute Gasteiger partial charge is 0.307 e. The lowest BCUT2D eigenvalue weighted by Gasteiger charge is -2.14. The summed E-state index contributed by atoms with van der Waals surface area (Å²) in [6.07, 6.45) is 2.58. The van der Waals surface area contributed by atoms with Gasteiger partial charge < -0.3 is 5.11 Å². The van der Waals surface area contributed by atoms with Gasteiger partial charge in [-0.3, -0.25) is 9.69 Å². The van der Waals surface area contributed by atoms with Gasteiger partial charge in [0.15, 0.2) is 0 Å². The molecule has 1 aliphatic heterocycles. The summed E-state index contributed by atoms with van der Waals surface area (Å²) in [5, 5.41) is 8.48. The van der Waals surface area contributed by atoms with Gasteiger partial charge in [-0.25, -0.2) is 0 Å². The second-order valence-corrected chi connectivity index (χ2v) is 3.30. The van der Waals surface area contributed by atoms with Crippen molar-refractivity contribution in [2.45, 2.75) is 19.3 Å². The SMILES string of the molecule is C=C(CC(=O)O)CN1CCCC1. The van der Waals surface area contributed by atoms with Crippen molar-refractivity contribution in [1.82, 2.24) is 4.90 Å². The monoisotopic (exact) mass is 169 g/mol. The van der Waals surface area contributed by atoms with E-state index in [9.17, 15) is 4.79 Å². The molecule has 0 spiro atoms. The summed E-state index contributed by atoms with van der Waals surface area (Å²) in [6, 6.07) is 0. The van der Waals surface area contributed by atoms with Gasteiger partial charge in [0.2, 0.25) is 0 Å². The van der Waals surface area contributed by atoms with Crippen molar-refractivity contribution in [3.05, 3.63) is 12.2 Å². The minimum absolute atomic E-state index is 0.108. The molecule has 0 bridgehead atoms. The van der Waals surface area contributed by atoms with Crippen molar-refractivity contribution in [2.75, 3.05) is 19.6 Å². The van der Waals surface area contributed by atoms with Crippen molar-refractivity contribution >= 4 is 5.97 Å². The van der Waals surface area contributed by atoms with Crippen molar-refractivity contribution in [2.24, 2.45) is 0 Å². The molecule has 0 aromatic rings. The Hall–Kier alpha value is -0.830. The van der Waals surface area contributed by atoms with E-state index in [1.807, 2.05) is 0 Å². The molecule has 0 amide bonds. The molecule has 0 atom stereocenters. The number of rotatable bonds is 4. The van der Waals surface area contributed by atoms with Gasteiger partial charge in [0, 0.05) is 6.54 Å². The van der Waals surface area contributed by atoms with Crippen LogP contribution in [-0.2, 0) is 4.79 Å². The van der Waals surface area contributed by atoms with E-state index < -0.39 is 5.97 Å². The predicted octanol–water partition coefficient (Wildman–Crippen LogP) is 1.11. The molecule has 1 rings (SSSR count). The number of carboxylic acid groups (broad SMARTS) is 1. The number of carbonyl (C=O) groups is 1. The fourth-order valence-corrected chi connectivity index (χ4v) is 1.53. The van der Waals surface area contributed by atoms with Crippen LogP contribution >= 0.6 is 0 Å². The normalized spacial score (nSPS) is 18.0. The van der Waals surface area contributed by atoms with Gasteiger partial charge in [0.25, 0.3) is 0 Å². The van der Waals surface area contributed by atoms with Gasteiger partial charge >= 0.3 is 5.97 Å². The quantitative estimate of drug-likeness (QED) is 0.641. The lowest BCUT2D eigenvalue weighted by atomic mass is 10.2. The number of carboxylic acids is 1. The van der Waals surface area contributed by atoms with Crippen LogP contribution in [-0.4, -0.2) is 35.6 Å². The van der Waals surface area contributed by atoms with Crippen molar-refractivity contribution in [1.29, 1.82) is 0 Å². The van der Waals surface area contributed by atoms with Crippen LogP contribution in [0, 0.1) is 0 Å². The Morgan fingerprint density at radius 1 is 1.42 bits per heavy atom. The molecule has 12 heavy (non-hydrogen) atoms. The van der Waals surface area contributed by atoms with Gasteiger partial charge in [-0.05, 0) is 25.9 Å². The van der Waals surface area contributed by atoms with Gasteiger partial charge in [-0.2, -0.15) is 0 Å². The number of hydrogen-bond acceptors (Lipinski definition) is 2. The maximum atomic E-state index is 10.3. The van der Waals surface area contributed by atoms with E-state index >= 15 is 0 Å². The van der Waals surface area contributed by atoms with Crippen LogP contribution in [0.15, 0.2) is 12.2 Å². The van der Waals surface area contributed by atoms with E-state index in [-0.39, 0.29) is 6.42 Å². The third kappa shape index (κ3) is 3.05. The van der Waals surface area contributed by atoms with Crippen molar-refractivity contribution in [3.8, 4) is 0 Å². The minimum atomic E-state index is -0.779. The van der Waals surface area contributed by atoms with E-state index in [4.69, 9.17) is 5.11 Å². The van der Waals surface area contributed by atoms with Crippen LogP contribution in [0.3, 0.4) is 0 Å². The molecule has 1 heterocycles. The molecule has 0 aromatic carbocycles. The molecule has 0 aromatic heterocycles. The number of hydrogen-bond donors (Lipinski definition) is 1. The van der Waals surface area contributed by atoms with Crippen LogP contribution in [0.25, 0.3) is 0 Å². The molecule has 1 fully saturated rings. The summed E-state index contributed by atoms with van der Waals surface area (Å²) in [5.74, 6) is -0.779. The molecule has 3 heteroatoms. The zero-order chi connectivity index (χ0) is 8.97. The van der Waals surface area contributed by atoms with E-state index in [1.165, 1.54) is 12.8 Å². The van der Waals surface area contributed by atoms with Gasteiger partial charge in [0.05, 0.1) is 6.42 Å². The molecule has 0 unspecified atom stereocenters. The van der Waals surface area contributed by atoms with E-state index in [0.29, 0.717) is 0 Å². The van der Waals surface area contributed by atoms with Crippen molar-refractivity contribution < 1.29 is 9.90 Å². The fraction of sp³-hybridized carbons (Fsp3) is 0.667. The van der Waals surface area contributed by atoms with E-state index in [1.54, 1.807) is 0 Å². The third-order valence-electron chi connectivity index (χ3n) is 2.05. The average Bonchev–Trinajstić information content (AvgIpc) is 2.37. The fourth-order valence-electron chi connectivity index (χ4n) is 1.53. The molecule has 0 radical (unpaired) electrons. The first-order valence-electron chi connectivity index (χ1n) is 4.29. The standard InChI is InChI=1S/C9H15NO2/c1-8(6-9(11)12)7-10-4-2-3-5-10/h1-7H2,(H,11,12). The molecule has 1 saturated heterocycles. The highest BCUT2D eigenvalue weighted by molar-refractivity contribution is 5.69. The minimum Gasteiger partial charge on any atom is -0.481 e. The summed E-state index contributed by atoms with van der Waals surface area (Å²) in [4.78, 5) is 12.6. The first-order chi connectivity index (χ1) is 5.68. The second-order valence-electron chi connectivity index (χ2n) is 3.30. The van der Waals surface area contributed by atoms with E-state index in [2.05, 4.69) is 11.5 Å². The van der Waals surface area contributed by atoms with E-state index in [0.717, 1.165) is 25.2 Å².